The second-order valence-corrected chi connectivity index (χ2v) is 8.26. The third-order valence-corrected chi connectivity index (χ3v) is 5.24. The van der Waals surface area contributed by atoms with Crippen LogP contribution in [0.15, 0.2) is 53.4 Å². The maximum absolute atomic E-state index is 12.6. The first kappa shape index (κ1) is 22.2. The Labute approximate surface area is 183 Å². The molecule has 0 aliphatic carbocycles. The molecule has 0 aromatic heterocycles. The minimum absolute atomic E-state index is 0.147. The topological polar surface area (TPSA) is 107 Å². The number of nitro benzene ring substituents is 1. The zero-order valence-corrected chi connectivity index (χ0v) is 17.8. The molecule has 1 aliphatic rings. The van der Waals surface area contributed by atoms with Crippen molar-refractivity contribution < 1.29 is 24.0 Å². The third kappa shape index (κ3) is 5.58. The molecule has 1 aliphatic heterocycles. The maximum Gasteiger partial charge on any atom is 0.293 e. The second-order valence-electron chi connectivity index (χ2n) is 7.27. The van der Waals surface area contributed by atoms with E-state index in [0.717, 1.165) is 22.2 Å². The van der Waals surface area contributed by atoms with Crippen molar-refractivity contribution in [2.45, 2.75) is 13.8 Å². The molecule has 0 N–H and O–H groups in total. The largest absolute Gasteiger partial charge is 0.493 e. The predicted molar refractivity (Wildman–Crippen MR) is 117 cm³/mol. The smallest absolute Gasteiger partial charge is 0.293 e. The molecule has 3 rings (SSSR count). The summed E-state index contributed by atoms with van der Waals surface area (Å²) in [6.45, 7) is 4.27. The van der Waals surface area contributed by atoms with E-state index in [-0.39, 0.29) is 16.2 Å². The molecule has 9 heteroatoms. The lowest BCUT2D eigenvalue weighted by atomic mass is 10.1. The normalized spacial score (nSPS) is 15.1. The Morgan fingerprint density at radius 2 is 1.77 bits per heavy atom. The number of hydrogen-bond donors (Lipinski definition) is 0. The maximum atomic E-state index is 12.6. The highest BCUT2D eigenvalue weighted by atomic mass is 32.2. The standard InChI is InChI=1S/C22H20N2O6S/c1-14(2)13-30-18-9-3-15(4-10-18)11-20-21(26)23(22(27)31-20)12-19(25)16-5-7-17(8-6-16)24(28)29/h3-11,14H,12-13H2,1-2H3/b20-11-. The van der Waals surface area contributed by atoms with Gasteiger partial charge in [-0.05, 0) is 53.6 Å². The predicted octanol–water partition coefficient (Wildman–Crippen LogP) is 4.55. The molecule has 2 aromatic rings. The Hall–Kier alpha value is -3.46. The number of imide groups is 1. The van der Waals surface area contributed by atoms with Crippen molar-refractivity contribution in [2.24, 2.45) is 5.92 Å². The number of carbonyl (C=O) groups is 3. The molecule has 31 heavy (non-hydrogen) atoms. The molecule has 160 valence electrons. The van der Waals surface area contributed by atoms with E-state index in [4.69, 9.17) is 4.74 Å². The number of amides is 2. The Kier molecular flexibility index (Phi) is 6.86. The molecule has 0 saturated carbocycles. The molecule has 0 spiro atoms. The van der Waals surface area contributed by atoms with Gasteiger partial charge in [0.15, 0.2) is 5.78 Å². The summed E-state index contributed by atoms with van der Waals surface area (Å²) < 4.78 is 5.62. The molecule has 0 radical (unpaired) electrons. The van der Waals surface area contributed by atoms with Gasteiger partial charge in [0.2, 0.25) is 0 Å². The number of carbonyl (C=O) groups excluding carboxylic acids is 3. The minimum Gasteiger partial charge on any atom is -0.493 e. The van der Waals surface area contributed by atoms with E-state index in [1.165, 1.54) is 24.3 Å². The lowest BCUT2D eigenvalue weighted by Gasteiger charge is -2.11. The molecule has 1 heterocycles. The monoisotopic (exact) mass is 440 g/mol. The second kappa shape index (κ2) is 9.57. The van der Waals surface area contributed by atoms with Crippen LogP contribution in [0, 0.1) is 16.0 Å². The molecule has 0 bridgehead atoms. The Balaban J connectivity index is 1.67. The third-order valence-electron chi connectivity index (χ3n) is 4.34. The summed E-state index contributed by atoms with van der Waals surface area (Å²) in [5.41, 5.74) is 0.765. The average Bonchev–Trinajstić information content (AvgIpc) is 3.00. The van der Waals surface area contributed by atoms with Crippen LogP contribution in [-0.4, -0.2) is 39.9 Å². The Morgan fingerprint density at radius 1 is 1.13 bits per heavy atom. The van der Waals surface area contributed by atoms with Crippen molar-refractivity contribution in [3.05, 3.63) is 74.7 Å². The van der Waals surface area contributed by atoms with Crippen LogP contribution in [-0.2, 0) is 4.79 Å². The summed E-state index contributed by atoms with van der Waals surface area (Å²) in [5.74, 6) is 0.0863. The number of nitrogens with zero attached hydrogens (tertiary/aromatic N) is 2. The first-order valence-electron chi connectivity index (χ1n) is 9.50. The van der Waals surface area contributed by atoms with E-state index in [0.29, 0.717) is 18.3 Å². The number of rotatable bonds is 8. The number of thioether (sulfide) groups is 1. The zero-order valence-electron chi connectivity index (χ0n) is 16.9. The molecule has 0 unspecified atom stereocenters. The van der Waals surface area contributed by atoms with Gasteiger partial charge in [-0.1, -0.05) is 26.0 Å². The highest BCUT2D eigenvalue weighted by Gasteiger charge is 2.36. The van der Waals surface area contributed by atoms with E-state index in [9.17, 15) is 24.5 Å². The molecule has 0 atom stereocenters. The number of non-ortho nitro benzene ring substituents is 1. The number of Topliss-reactive ketones (excluding diaryl/α,β-unsaturated/α-hetero) is 1. The average molecular weight is 440 g/mol. The summed E-state index contributed by atoms with van der Waals surface area (Å²) in [4.78, 5) is 48.6. The number of benzene rings is 2. The van der Waals surface area contributed by atoms with Crippen LogP contribution in [0.25, 0.3) is 6.08 Å². The number of nitro groups is 1. The van der Waals surface area contributed by atoms with Gasteiger partial charge in [0.1, 0.15) is 5.75 Å². The Morgan fingerprint density at radius 3 is 2.35 bits per heavy atom. The lowest BCUT2D eigenvalue weighted by molar-refractivity contribution is -0.384. The summed E-state index contributed by atoms with van der Waals surface area (Å²) in [7, 11) is 0. The van der Waals surface area contributed by atoms with Crippen LogP contribution in [0.3, 0.4) is 0 Å². The van der Waals surface area contributed by atoms with Crippen molar-refractivity contribution in [3.8, 4) is 5.75 Å². The van der Waals surface area contributed by atoms with Crippen molar-refractivity contribution >= 4 is 40.5 Å². The van der Waals surface area contributed by atoms with E-state index in [2.05, 4.69) is 13.8 Å². The van der Waals surface area contributed by atoms with E-state index >= 15 is 0 Å². The quantitative estimate of drug-likeness (QED) is 0.256. The summed E-state index contributed by atoms with van der Waals surface area (Å²) in [6, 6.07) is 12.2. The van der Waals surface area contributed by atoms with Gasteiger partial charge in [-0.2, -0.15) is 0 Å². The van der Waals surface area contributed by atoms with Crippen LogP contribution >= 0.6 is 11.8 Å². The van der Waals surface area contributed by atoms with E-state index in [1.807, 2.05) is 0 Å². The van der Waals surface area contributed by atoms with Gasteiger partial charge in [-0.25, -0.2) is 0 Å². The molecule has 1 fully saturated rings. The van der Waals surface area contributed by atoms with Crippen molar-refractivity contribution in [1.29, 1.82) is 0 Å². The van der Waals surface area contributed by atoms with Gasteiger partial charge < -0.3 is 4.74 Å². The fourth-order valence-corrected chi connectivity index (χ4v) is 3.55. The van der Waals surface area contributed by atoms with Crippen LogP contribution in [0.5, 0.6) is 5.75 Å². The van der Waals surface area contributed by atoms with Gasteiger partial charge in [0.25, 0.3) is 16.8 Å². The highest BCUT2D eigenvalue weighted by molar-refractivity contribution is 8.18. The number of hydrogen-bond acceptors (Lipinski definition) is 7. The minimum atomic E-state index is -0.571. The van der Waals surface area contributed by atoms with Crippen LogP contribution < -0.4 is 4.74 Å². The fraction of sp³-hybridized carbons (Fsp3) is 0.227. The number of ketones is 1. The van der Waals surface area contributed by atoms with Crippen LogP contribution in [0.1, 0.15) is 29.8 Å². The summed E-state index contributed by atoms with van der Waals surface area (Å²) in [6.07, 6.45) is 1.59. The first-order chi connectivity index (χ1) is 14.7. The molecular weight excluding hydrogens is 420 g/mol. The van der Waals surface area contributed by atoms with Gasteiger partial charge in [-0.3, -0.25) is 29.4 Å². The van der Waals surface area contributed by atoms with Gasteiger partial charge in [0.05, 0.1) is 23.0 Å². The molecule has 1 saturated heterocycles. The molecular formula is C22H20N2O6S. The van der Waals surface area contributed by atoms with Crippen molar-refractivity contribution in [1.82, 2.24) is 4.90 Å². The van der Waals surface area contributed by atoms with Gasteiger partial charge >= 0.3 is 0 Å². The lowest BCUT2D eigenvalue weighted by Crippen LogP contribution is -2.33. The summed E-state index contributed by atoms with van der Waals surface area (Å²) >= 11 is 0.764. The van der Waals surface area contributed by atoms with E-state index < -0.39 is 28.4 Å². The van der Waals surface area contributed by atoms with Crippen LogP contribution in [0.2, 0.25) is 0 Å². The molecule has 2 aromatic carbocycles. The highest BCUT2D eigenvalue weighted by Crippen LogP contribution is 2.32. The first-order valence-corrected chi connectivity index (χ1v) is 10.3. The SMILES string of the molecule is CC(C)COc1ccc(/C=C2\SC(=O)N(CC(=O)c3ccc([N+](=O)[O-])cc3)C2=O)cc1. The zero-order chi connectivity index (χ0) is 22.5. The number of ether oxygens (including phenoxy) is 1. The van der Waals surface area contributed by atoms with Gasteiger partial charge in [0, 0.05) is 17.7 Å². The van der Waals surface area contributed by atoms with Crippen molar-refractivity contribution in [3.63, 3.8) is 0 Å². The van der Waals surface area contributed by atoms with Crippen LogP contribution in [0.4, 0.5) is 10.5 Å². The Bertz CT molecular complexity index is 1040. The summed E-state index contributed by atoms with van der Waals surface area (Å²) in [5, 5.41) is 10.2. The molecule has 8 nitrogen and oxygen atoms in total. The van der Waals surface area contributed by atoms with Gasteiger partial charge in [-0.15, -0.1) is 0 Å². The van der Waals surface area contributed by atoms with Crippen molar-refractivity contribution in [2.75, 3.05) is 13.2 Å². The fourth-order valence-electron chi connectivity index (χ4n) is 2.71. The molecule has 2 amide bonds. The van der Waals surface area contributed by atoms with E-state index in [1.54, 1.807) is 30.3 Å².